The molecule has 0 amide bonds. The fourth-order valence-electron chi connectivity index (χ4n) is 0.667. The number of hydrogen-bond donors (Lipinski definition) is 3. The van der Waals surface area contributed by atoms with E-state index in [2.05, 4.69) is 5.32 Å². The number of nitrogens with one attached hydrogen (secondary N) is 1. The van der Waals surface area contributed by atoms with Gasteiger partial charge in [-0.25, -0.2) is 0 Å². The van der Waals surface area contributed by atoms with Gasteiger partial charge < -0.3 is 16.2 Å². The fourth-order valence-corrected chi connectivity index (χ4v) is 1.65. The molecule has 0 spiro atoms. The standard InChI is InChI=1S/C8H18N2O2S/c1-3-10-4-5-13-6-8(2,9)7(11)12/h10H,3-6,9H2,1-2H3,(H,11,12)/t8-/m0/s1. The number of carbonyl (C=O) groups is 1. The zero-order chi connectivity index (χ0) is 10.3. The van der Waals surface area contributed by atoms with E-state index in [0.717, 1.165) is 18.8 Å². The minimum atomic E-state index is -1.10. The van der Waals surface area contributed by atoms with E-state index in [1.54, 1.807) is 11.8 Å². The summed E-state index contributed by atoms with van der Waals surface area (Å²) in [5.41, 5.74) is 4.43. The van der Waals surface area contributed by atoms with Crippen LogP contribution in [-0.4, -0.2) is 41.2 Å². The van der Waals surface area contributed by atoms with Crippen molar-refractivity contribution in [2.24, 2.45) is 5.73 Å². The normalized spacial score (nSPS) is 15.3. The Bertz CT molecular complexity index is 162. The molecular weight excluding hydrogens is 188 g/mol. The molecule has 0 aromatic rings. The Balaban J connectivity index is 3.46. The third-order valence-corrected chi connectivity index (χ3v) is 2.86. The predicted molar refractivity (Wildman–Crippen MR) is 56.1 cm³/mol. The SMILES string of the molecule is CCNCCSC[C@](C)(N)C(=O)O. The molecule has 0 aliphatic carbocycles. The Labute approximate surface area is 83.3 Å². The highest BCUT2D eigenvalue weighted by Crippen LogP contribution is 2.09. The lowest BCUT2D eigenvalue weighted by atomic mass is 10.1. The molecule has 0 heterocycles. The van der Waals surface area contributed by atoms with E-state index in [0.29, 0.717) is 5.75 Å². The molecule has 0 aliphatic rings. The molecule has 0 aromatic carbocycles. The van der Waals surface area contributed by atoms with E-state index in [9.17, 15) is 4.79 Å². The summed E-state index contributed by atoms with van der Waals surface area (Å²) in [6.07, 6.45) is 0. The maximum atomic E-state index is 10.6. The molecular formula is C8H18N2O2S. The summed E-state index contributed by atoms with van der Waals surface area (Å²) in [7, 11) is 0. The van der Waals surface area contributed by atoms with Gasteiger partial charge in [0.05, 0.1) is 0 Å². The van der Waals surface area contributed by atoms with Crippen LogP contribution in [0.5, 0.6) is 0 Å². The second-order valence-corrected chi connectivity index (χ2v) is 4.23. The van der Waals surface area contributed by atoms with Crippen molar-refractivity contribution in [3.05, 3.63) is 0 Å². The summed E-state index contributed by atoms with van der Waals surface area (Å²) in [4.78, 5) is 10.6. The summed E-state index contributed by atoms with van der Waals surface area (Å²) in [5, 5.41) is 11.8. The highest BCUT2D eigenvalue weighted by atomic mass is 32.2. The lowest BCUT2D eigenvalue weighted by molar-refractivity contribution is -0.141. The zero-order valence-corrected chi connectivity index (χ0v) is 8.99. The maximum absolute atomic E-state index is 10.6. The van der Waals surface area contributed by atoms with Crippen molar-refractivity contribution in [3.63, 3.8) is 0 Å². The van der Waals surface area contributed by atoms with E-state index >= 15 is 0 Å². The first kappa shape index (κ1) is 12.7. The van der Waals surface area contributed by atoms with Gasteiger partial charge in [0.15, 0.2) is 0 Å². The van der Waals surface area contributed by atoms with Gasteiger partial charge in [0, 0.05) is 18.1 Å². The second-order valence-electron chi connectivity index (χ2n) is 3.13. The van der Waals surface area contributed by atoms with Crippen molar-refractivity contribution in [3.8, 4) is 0 Å². The summed E-state index contributed by atoms with van der Waals surface area (Å²) >= 11 is 1.56. The topological polar surface area (TPSA) is 75.3 Å². The molecule has 13 heavy (non-hydrogen) atoms. The van der Waals surface area contributed by atoms with E-state index < -0.39 is 11.5 Å². The van der Waals surface area contributed by atoms with Gasteiger partial charge >= 0.3 is 5.97 Å². The molecule has 0 saturated heterocycles. The van der Waals surface area contributed by atoms with E-state index in [-0.39, 0.29) is 0 Å². The van der Waals surface area contributed by atoms with Crippen LogP contribution in [0.25, 0.3) is 0 Å². The molecule has 0 aromatic heterocycles. The van der Waals surface area contributed by atoms with Gasteiger partial charge in [-0.1, -0.05) is 6.92 Å². The fraction of sp³-hybridized carbons (Fsp3) is 0.875. The van der Waals surface area contributed by atoms with Gasteiger partial charge in [0.25, 0.3) is 0 Å². The quantitative estimate of drug-likeness (QED) is 0.516. The van der Waals surface area contributed by atoms with Crippen LogP contribution in [0, 0.1) is 0 Å². The highest BCUT2D eigenvalue weighted by Gasteiger charge is 2.27. The Morgan fingerprint density at radius 2 is 2.31 bits per heavy atom. The van der Waals surface area contributed by atoms with Crippen LogP contribution >= 0.6 is 11.8 Å². The first-order valence-corrected chi connectivity index (χ1v) is 5.47. The number of nitrogens with two attached hydrogens (primary N) is 1. The van der Waals surface area contributed by atoms with Crippen LogP contribution in [0.1, 0.15) is 13.8 Å². The van der Waals surface area contributed by atoms with Gasteiger partial charge in [0.2, 0.25) is 0 Å². The van der Waals surface area contributed by atoms with Crippen LogP contribution in [0.4, 0.5) is 0 Å². The molecule has 0 fully saturated rings. The van der Waals surface area contributed by atoms with E-state index in [1.807, 2.05) is 6.92 Å². The summed E-state index contributed by atoms with van der Waals surface area (Å²) in [6, 6.07) is 0. The van der Waals surface area contributed by atoms with Crippen molar-refractivity contribution in [2.45, 2.75) is 19.4 Å². The second kappa shape index (κ2) is 6.23. The average molecular weight is 206 g/mol. The number of thioether (sulfide) groups is 1. The lowest BCUT2D eigenvalue weighted by Gasteiger charge is -2.18. The summed E-state index contributed by atoms with van der Waals surface area (Å²) < 4.78 is 0. The Morgan fingerprint density at radius 3 is 2.77 bits per heavy atom. The van der Waals surface area contributed by atoms with Gasteiger partial charge in [0.1, 0.15) is 5.54 Å². The number of rotatable bonds is 7. The lowest BCUT2D eigenvalue weighted by Crippen LogP contribution is -2.47. The minimum Gasteiger partial charge on any atom is -0.480 e. The van der Waals surface area contributed by atoms with Crippen LogP contribution in [0.2, 0.25) is 0 Å². The van der Waals surface area contributed by atoms with Crippen molar-refractivity contribution in [1.29, 1.82) is 0 Å². The predicted octanol–water partition coefficient (Wildman–Crippen LogP) is 0.131. The molecule has 0 bridgehead atoms. The summed E-state index contributed by atoms with van der Waals surface area (Å²) in [6.45, 7) is 5.42. The molecule has 4 N–H and O–H groups in total. The highest BCUT2D eigenvalue weighted by molar-refractivity contribution is 7.99. The number of carboxylic acid groups (broad SMARTS) is 1. The van der Waals surface area contributed by atoms with Crippen molar-refractivity contribution >= 4 is 17.7 Å². The van der Waals surface area contributed by atoms with Crippen LogP contribution in [-0.2, 0) is 4.79 Å². The number of carboxylic acids is 1. The maximum Gasteiger partial charge on any atom is 0.324 e. The largest absolute Gasteiger partial charge is 0.480 e. The van der Waals surface area contributed by atoms with Crippen LogP contribution in [0.15, 0.2) is 0 Å². The van der Waals surface area contributed by atoms with Crippen molar-refractivity contribution in [2.75, 3.05) is 24.6 Å². The molecule has 5 heteroatoms. The van der Waals surface area contributed by atoms with Gasteiger partial charge in [-0.05, 0) is 13.5 Å². The smallest absolute Gasteiger partial charge is 0.324 e. The first-order chi connectivity index (χ1) is 6.00. The van der Waals surface area contributed by atoms with Gasteiger partial charge in [-0.3, -0.25) is 4.79 Å². The Kier molecular flexibility index (Phi) is 6.11. The average Bonchev–Trinajstić information content (AvgIpc) is 2.03. The Hall–Kier alpha value is -0.260. The number of hydrogen-bond acceptors (Lipinski definition) is 4. The third kappa shape index (κ3) is 5.90. The van der Waals surface area contributed by atoms with E-state index in [4.69, 9.17) is 10.8 Å². The Morgan fingerprint density at radius 1 is 1.69 bits per heavy atom. The van der Waals surface area contributed by atoms with Gasteiger partial charge in [-0.15, -0.1) is 0 Å². The summed E-state index contributed by atoms with van der Waals surface area (Å²) in [5.74, 6) is 0.408. The third-order valence-electron chi connectivity index (χ3n) is 1.56. The molecule has 4 nitrogen and oxygen atoms in total. The van der Waals surface area contributed by atoms with Crippen molar-refractivity contribution in [1.82, 2.24) is 5.32 Å². The first-order valence-electron chi connectivity index (χ1n) is 4.31. The van der Waals surface area contributed by atoms with Gasteiger partial charge in [-0.2, -0.15) is 11.8 Å². The van der Waals surface area contributed by atoms with Crippen LogP contribution < -0.4 is 11.1 Å². The molecule has 0 unspecified atom stereocenters. The molecule has 1 atom stereocenters. The van der Waals surface area contributed by atoms with Crippen LogP contribution in [0.3, 0.4) is 0 Å². The van der Waals surface area contributed by atoms with E-state index in [1.165, 1.54) is 6.92 Å². The van der Waals surface area contributed by atoms with Crippen molar-refractivity contribution < 1.29 is 9.90 Å². The minimum absolute atomic E-state index is 0.452. The molecule has 0 radical (unpaired) electrons. The molecule has 0 rings (SSSR count). The number of aliphatic carboxylic acids is 1. The molecule has 78 valence electrons. The molecule has 0 saturated carbocycles. The monoisotopic (exact) mass is 206 g/mol. The molecule has 0 aliphatic heterocycles. The zero-order valence-electron chi connectivity index (χ0n) is 8.17.